The molecule has 3 aromatic rings. The third-order valence-corrected chi connectivity index (χ3v) is 7.53. The molecule has 0 N–H and O–H groups in total. The summed E-state index contributed by atoms with van der Waals surface area (Å²) in [6.07, 6.45) is 5.39. The van der Waals surface area contributed by atoms with E-state index in [2.05, 4.69) is 10.2 Å². The summed E-state index contributed by atoms with van der Waals surface area (Å²) in [5.41, 5.74) is 2.02. The van der Waals surface area contributed by atoms with Crippen LogP contribution in [0.2, 0.25) is 0 Å². The highest BCUT2D eigenvalue weighted by Gasteiger charge is 2.38. The van der Waals surface area contributed by atoms with Crippen LogP contribution in [0.3, 0.4) is 0 Å². The maximum absolute atomic E-state index is 13.3. The summed E-state index contributed by atoms with van der Waals surface area (Å²) in [6, 6.07) is 6.42. The van der Waals surface area contributed by atoms with E-state index in [4.69, 9.17) is 4.74 Å². The lowest BCUT2D eigenvalue weighted by Gasteiger charge is -2.44. The SMILES string of the molecule is COC[C@H]1CN(C2CCC2)C(=O)c2c(C)c(=O)c(-c3nnc(Cc4ccc(F)cc4)s3)cn21. The van der Waals surface area contributed by atoms with Gasteiger partial charge in [-0.25, -0.2) is 4.39 Å². The molecule has 2 aromatic heterocycles. The lowest BCUT2D eigenvalue weighted by molar-refractivity contribution is 0.0365. The molecule has 3 heterocycles. The van der Waals surface area contributed by atoms with Crippen molar-refractivity contribution in [2.75, 3.05) is 20.3 Å². The quantitative estimate of drug-likeness (QED) is 0.553. The lowest BCUT2D eigenvalue weighted by Crippen LogP contribution is -2.52. The van der Waals surface area contributed by atoms with Crippen molar-refractivity contribution < 1.29 is 13.9 Å². The zero-order valence-corrected chi connectivity index (χ0v) is 19.4. The number of rotatable bonds is 6. The summed E-state index contributed by atoms with van der Waals surface area (Å²) in [7, 11) is 1.65. The van der Waals surface area contributed by atoms with Crippen molar-refractivity contribution in [1.29, 1.82) is 0 Å². The summed E-state index contributed by atoms with van der Waals surface area (Å²) < 4.78 is 20.5. The Balaban J connectivity index is 1.51. The van der Waals surface area contributed by atoms with Crippen molar-refractivity contribution in [2.45, 2.75) is 44.7 Å². The molecule has 0 radical (unpaired) electrons. The standard InChI is InChI=1S/C24H25FN4O3S/c1-14-21-24(31)29(17-4-3-5-17)11-18(13-32-2)28(21)12-19(22(14)30)23-27-26-20(33-23)10-15-6-8-16(25)9-7-15/h6-9,12,17-18H,3-5,10-11,13H2,1-2H3/t18-/m1/s1. The highest BCUT2D eigenvalue weighted by molar-refractivity contribution is 7.14. The number of hydrogen-bond acceptors (Lipinski definition) is 6. The number of carbonyl (C=O) groups is 1. The second-order valence-electron chi connectivity index (χ2n) is 8.71. The van der Waals surface area contributed by atoms with Crippen LogP contribution in [0.15, 0.2) is 35.3 Å². The molecule has 2 aliphatic rings. The molecule has 1 aromatic carbocycles. The molecule has 0 bridgehead atoms. The van der Waals surface area contributed by atoms with E-state index in [1.165, 1.54) is 23.5 Å². The Morgan fingerprint density at radius 1 is 1.18 bits per heavy atom. The predicted octanol–water partition coefficient (Wildman–Crippen LogP) is 3.60. The zero-order valence-electron chi connectivity index (χ0n) is 18.6. The Labute approximate surface area is 194 Å². The van der Waals surface area contributed by atoms with Gasteiger partial charge in [-0.1, -0.05) is 23.5 Å². The first-order valence-electron chi connectivity index (χ1n) is 11.1. The summed E-state index contributed by atoms with van der Waals surface area (Å²) in [5, 5.41) is 9.75. The minimum atomic E-state index is -0.287. The minimum absolute atomic E-state index is 0.0760. The summed E-state index contributed by atoms with van der Waals surface area (Å²) in [4.78, 5) is 28.5. The average Bonchev–Trinajstić information content (AvgIpc) is 3.22. The van der Waals surface area contributed by atoms with Crippen molar-refractivity contribution in [3.8, 4) is 10.6 Å². The Morgan fingerprint density at radius 3 is 2.61 bits per heavy atom. The number of fused-ring (bicyclic) bond motifs is 1. The van der Waals surface area contributed by atoms with Crippen LogP contribution in [0, 0.1) is 12.7 Å². The van der Waals surface area contributed by atoms with Gasteiger partial charge in [0, 0.05) is 37.9 Å². The molecule has 1 saturated carbocycles. The van der Waals surface area contributed by atoms with Gasteiger partial charge in [-0.15, -0.1) is 10.2 Å². The van der Waals surface area contributed by atoms with Crippen LogP contribution in [0.25, 0.3) is 10.6 Å². The lowest BCUT2D eigenvalue weighted by atomic mass is 9.89. The van der Waals surface area contributed by atoms with E-state index in [0.29, 0.717) is 41.4 Å². The molecule has 0 saturated heterocycles. The first kappa shape index (κ1) is 21.9. The first-order valence-corrected chi connectivity index (χ1v) is 11.9. The van der Waals surface area contributed by atoms with Crippen molar-refractivity contribution in [3.63, 3.8) is 0 Å². The van der Waals surface area contributed by atoms with Crippen molar-refractivity contribution in [3.05, 3.63) is 68.3 Å². The second-order valence-corrected chi connectivity index (χ2v) is 9.77. The number of carbonyl (C=O) groups excluding carboxylic acids is 1. The van der Waals surface area contributed by atoms with Crippen molar-refractivity contribution in [1.82, 2.24) is 19.7 Å². The van der Waals surface area contributed by atoms with E-state index >= 15 is 0 Å². The van der Waals surface area contributed by atoms with Gasteiger partial charge in [0.25, 0.3) is 5.91 Å². The van der Waals surface area contributed by atoms with Crippen LogP contribution in [0.5, 0.6) is 0 Å². The number of halogens is 1. The van der Waals surface area contributed by atoms with Crippen LogP contribution in [0.4, 0.5) is 4.39 Å². The number of amides is 1. The van der Waals surface area contributed by atoms with Gasteiger partial charge in [-0.2, -0.15) is 0 Å². The fourth-order valence-electron chi connectivity index (χ4n) is 4.56. The number of hydrogen-bond donors (Lipinski definition) is 0. The molecular weight excluding hydrogens is 443 g/mol. The van der Waals surface area contributed by atoms with Gasteiger partial charge in [0.15, 0.2) is 10.4 Å². The van der Waals surface area contributed by atoms with E-state index in [1.54, 1.807) is 32.4 Å². The van der Waals surface area contributed by atoms with Gasteiger partial charge in [0.05, 0.1) is 18.2 Å². The van der Waals surface area contributed by atoms with E-state index in [1.807, 2.05) is 9.47 Å². The van der Waals surface area contributed by atoms with Gasteiger partial charge in [0.1, 0.15) is 16.5 Å². The third-order valence-electron chi connectivity index (χ3n) is 6.57. The second kappa shape index (κ2) is 8.79. The fraction of sp³-hybridized carbons (Fsp3) is 0.417. The Morgan fingerprint density at radius 2 is 1.94 bits per heavy atom. The Bertz CT molecular complexity index is 1250. The first-order chi connectivity index (χ1) is 16.0. The predicted molar refractivity (Wildman–Crippen MR) is 123 cm³/mol. The van der Waals surface area contributed by atoms with Gasteiger partial charge in [0.2, 0.25) is 0 Å². The molecular formula is C24H25FN4O3S. The normalized spacial score (nSPS) is 18.3. The zero-order chi connectivity index (χ0) is 23.1. The van der Waals surface area contributed by atoms with Gasteiger partial charge in [-0.05, 0) is 43.9 Å². The van der Waals surface area contributed by atoms with Gasteiger partial charge < -0.3 is 14.2 Å². The number of pyridine rings is 1. The highest BCUT2D eigenvalue weighted by Crippen LogP contribution is 2.33. The topological polar surface area (TPSA) is 77.3 Å². The molecule has 9 heteroatoms. The van der Waals surface area contributed by atoms with Crippen LogP contribution in [-0.4, -0.2) is 51.9 Å². The molecule has 172 valence electrons. The Hall–Kier alpha value is -2.91. The molecule has 1 aliphatic carbocycles. The van der Waals surface area contributed by atoms with E-state index in [0.717, 1.165) is 29.8 Å². The third kappa shape index (κ3) is 4.00. The number of aromatic nitrogens is 3. The van der Waals surface area contributed by atoms with Crippen molar-refractivity contribution in [2.24, 2.45) is 0 Å². The fourth-order valence-corrected chi connectivity index (χ4v) is 5.44. The van der Waals surface area contributed by atoms with E-state index in [-0.39, 0.29) is 29.2 Å². The Kier molecular flexibility index (Phi) is 5.84. The largest absolute Gasteiger partial charge is 0.382 e. The molecule has 7 nitrogen and oxygen atoms in total. The molecule has 0 spiro atoms. The van der Waals surface area contributed by atoms with Crippen LogP contribution < -0.4 is 5.43 Å². The van der Waals surface area contributed by atoms with E-state index < -0.39 is 0 Å². The molecule has 1 fully saturated rings. The van der Waals surface area contributed by atoms with Gasteiger partial charge in [-0.3, -0.25) is 9.59 Å². The molecule has 1 amide bonds. The number of benzene rings is 1. The van der Waals surface area contributed by atoms with E-state index in [9.17, 15) is 14.0 Å². The summed E-state index contributed by atoms with van der Waals surface area (Å²) in [6.45, 7) is 2.72. The summed E-state index contributed by atoms with van der Waals surface area (Å²) >= 11 is 1.34. The maximum Gasteiger partial charge on any atom is 0.271 e. The van der Waals surface area contributed by atoms with Crippen molar-refractivity contribution >= 4 is 17.2 Å². The number of methoxy groups -OCH3 is 1. The van der Waals surface area contributed by atoms with Crippen LogP contribution in [-0.2, 0) is 11.2 Å². The smallest absolute Gasteiger partial charge is 0.271 e. The molecule has 1 aliphatic heterocycles. The van der Waals surface area contributed by atoms with Crippen LogP contribution in [0.1, 0.15) is 51.9 Å². The minimum Gasteiger partial charge on any atom is -0.382 e. The maximum atomic E-state index is 13.3. The van der Waals surface area contributed by atoms with Gasteiger partial charge >= 0.3 is 0 Å². The number of ether oxygens (including phenoxy) is 1. The molecule has 33 heavy (non-hydrogen) atoms. The monoisotopic (exact) mass is 468 g/mol. The van der Waals surface area contributed by atoms with Crippen LogP contribution >= 0.6 is 11.3 Å². The molecule has 0 unspecified atom stereocenters. The highest BCUT2D eigenvalue weighted by atomic mass is 32.1. The summed E-state index contributed by atoms with van der Waals surface area (Å²) in [5.74, 6) is -0.368. The number of nitrogens with zero attached hydrogens (tertiary/aromatic N) is 4. The average molecular weight is 469 g/mol. The molecule has 1 atom stereocenters. The molecule has 5 rings (SSSR count).